The number of nitrogens with two attached hydrogens (primary N) is 1. The van der Waals surface area contributed by atoms with Crippen LogP contribution in [-0.2, 0) is 16.1 Å². The van der Waals surface area contributed by atoms with Crippen LogP contribution in [0.2, 0.25) is 0 Å². The van der Waals surface area contributed by atoms with Crippen molar-refractivity contribution in [3.8, 4) is 0 Å². The van der Waals surface area contributed by atoms with E-state index in [0.29, 0.717) is 24.0 Å². The topological polar surface area (TPSA) is 179 Å². The summed E-state index contributed by atoms with van der Waals surface area (Å²) in [6.07, 6.45) is 1.12. The van der Waals surface area contributed by atoms with Crippen molar-refractivity contribution in [1.82, 2.24) is 15.3 Å². The van der Waals surface area contributed by atoms with Gasteiger partial charge in [-0.3, -0.25) is 19.4 Å². The average Bonchev–Trinajstić information content (AvgIpc) is 2.81. The van der Waals surface area contributed by atoms with Gasteiger partial charge < -0.3 is 26.2 Å². The van der Waals surface area contributed by atoms with Gasteiger partial charge in [0.2, 0.25) is 5.95 Å². The summed E-state index contributed by atoms with van der Waals surface area (Å²) in [7, 11) is 0. The molecule has 3 rings (SSSR count). The van der Waals surface area contributed by atoms with Crippen LogP contribution in [0.5, 0.6) is 0 Å². The van der Waals surface area contributed by atoms with Gasteiger partial charge >= 0.3 is 11.9 Å². The molecule has 0 aliphatic carbocycles. The number of rotatable bonds is 11. The van der Waals surface area contributed by atoms with Crippen molar-refractivity contribution in [2.75, 3.05) is 17.2 Å². The van der Waals surface area contributed by atoms with Crippen LogP contribution in [0.3, 0.4) is 0 Å². The largest absolute Gasteiger partial charge is 0.481 e. The first kappa shape index (κ1) is 25.0. The van der Waals surface area contributed by atoms with E-state index in [-0.39, 0.29) is 29.9 Å². The number of fused-ring (bicyclic) bond motifs is 1. The van der Waals surface area contributed by atoms with Gasteiger partial charge in [0.1, 0.15) is 6.04 Å². The Morgan fingerprint density at radius 1 is 1.17 bits per heavy atom. The number of aromatic nitrogens is 2. The van der Waals surface area contributed by atoms with Gasteiger partial charge in [0, 0.05) is 30.8 Å². The Kier molecular flexibility index (Phi) is 7.82. The number of hydrogen-bond acceptors (Lipinski definition) is 7. The van der Waals surface area contributed by atoms with E-state index in [1.54, 1.807) is 42.5 Å². The van der Waals surface area contributed by atoms with Crippen molar-refractivity contribution in [3.63, 3.8) is 0 Å². The zero-order valence-corrected chi connectivity index (χ0v) is 18.7. The van der Waals surface area contributed by atoms with Gasteiger partial charge in [-0.05, 0) is 48.4 Å². The number of carbonyl (C=O) groups is 3. The Morgan fingerprint density at radius 3 is 2.51 bits per heavy atom. The summed E-state index contributed by atoms with van der Waals surface area (Å²) in [6, 6.07) is 10.5. The molecule has 1 unspecified atom stereocenters. The van der Waals surface area contributed by atoms with E-state index in [4.69, 9.17) is 10.8 Å². The molecule has 1 heterocycles. The van der Waals surface area contributed by atoms with E-state index in [0.717, 1.165) is 11.3 Å². The van der Waals surface area contributed by atoms with Gasteiger partial charge in [0.25, 0.3) is 11.5 Å². The molecule has 182 valence electrons. The van der Waals surface area contributed by atoms with E-state index in [1.165, 1.54) is 0 Å². The number of benzene rings is 2. The quantitative estimate of drug-likeness (QED) is 0.256. The number of amides is 1. The molecule has 0 radical (unpaired) electrons. The first-order valence-electron chi connectivity index (χ1n) is 10.7. The highest BCUT2D eigenvalue weighted by Crippen LogP contribution is 2.20. The molecule has 1 atom stereocenters. The number of nitrogens with zero attached hydrogens (tertiary/aromatic N) is 2. The molecule has 1 aromatic heterocycles. The Hall–Kier alpha value is -4.67. The van der Waals surface area contributed by atoms with E-state index < -0.39 is 23.9 Å². The minimum Gasteiger partial charge on any atom is -0.481 e. The second-order valence-corrected chi connectivity index (χ2v) is 7.82. The molecule has 11 heteroatoms. The minimum atomic E-state index is -1.31. The predicted molar refractivity (Wildman–Crippen MR) is 130 cm³/mol. The number of nitrogens with one attached hydrogen (secondary N) is 2. The van der Waals surface area contributed by atoms with Gasteiger partial charge in [-0.1, -0.05) is 12.1 Å². The Bertz CT molecular complexity index is 1320. The van der Waals surface area contributed by atoms with E-state index >= 15 is 0 Å². The highest BCUT2D eigenvalue weighted by atomic mass is 16.4. The third-order valence-corrected chi connectivity index (χ3v) is 5.26. The summed E-state index contributed by atoms with van der Waals surface area (Å²) < 4.78 is 0. The predicted octanol–water partition coefficient (Wildman–Crippen LogP) is 1.75. The van der Waals surface area contributed by atoms with Gasteiger partial charge in [0.15, 0.2) is 0 Å². The molecular formula is C24H25N5O6. The Balaban J connectivity index is 1.76. The summed E-state index contributed by atoms with van der Waals surface area (Å²) in [5.41, 5.74) is 7.60. The van der Waals surface area contributed by atoms with Crippen molar-refractivity contribution in [2.45, 2.75) is 25.4 Å². The average molecular weight is 479 g/mol. The normalized spacial score (nSPS) is 11.5. The van der Waals surface area contributed by atoms with Crippen molar-refractivity contribution in [3.05, 3.63) is 76.6 Å². The summed E-state index contributed by atoms with van der Waals surface area (Å²) in [4.78, 5) is 55.3. The van der Waals surface area contributed by atoms with Gasteiger partial charge in [-0.2, -0.15) is 0 Å². The number of hydrogen-bond donors (Lipinski definition) is 5. The maximum atomic E-state index is 12.5. The molecule has 0 bridgehead atoms. The molecule has 0 saturated carbocycles. The van der Waals surface area contributed by atoms with E-state index in [2.05, 4.69) is 21.9 Å². The zero-order chi connectivity index (χ0) is 25.5. The van der Waals surface area contributed by atoms with Gasteiger partial charge in [0.05, 0.1) is 10.9 Å². The Labute approximate surface area is 199 Å². The summed E-state index contributed by atoms with van der Waals surface area (Å²) >= 11 is 0. The Morgan fingerprint density at radius 2 is 1.89 bits per heavy atom. The molecule has 0 aliphatic rings. The molecule has 3 aromatic rings. The molecule has 0 spiro atoms. The summed E-state index contributed by atoms with van der Waals surface area (Å²) in [6.45, 7) is 4.70. The lowest BCUT2D eigenvalue weighted by Gasteiger charge is -2.24. The minimum absolute atomic E-state index is 0.0456. The second kappa shape index (κ2) is 11.0. The summed E-state index contributed by atoms with van der Waals surface area (Å²) in [5, 5.41) is 20.8. The van der Waals surface area contributed by atoms with Crippen LogP contribution in [0, 0.1) is 0 Å². The summed E-state index contributed by atoms with van der Waals surface area (Å²) in [5.74, 6) is -3.02. The van der Waals surface area contributed by atoms with Crippen molar-refractivity contribution in [2.24, 2.45) is 0 Å². The van der Waals surface area contributed by atoms with Crippen LogP contribution in [-0.4, -0.2) is 50.6 Å². The number of aliphatic carboxylic acids is 2. The lowest BCUT2D eigenvalue weighted by atomic mass is 10.1. The van der Waals surface area contributed by atoms with Crippen molar-refractivity contribution >= 4 is 40.4 Å². The molecule has 0 fully saturated rings. The number of H-pyrrole nitrogens is 1. The third kappa shape index (κ3) is 6.44. The van der Waals surface area contributed by atoms with E-state index in [9.17, 15) is 24.3 Å². The zero-order valence-electron chi connectivity index (χ0n) is 18.7. The molecule has 0 aliphatic heterocycles. The van der Waals surface area contributed by atoms with Crippen molar-refractivity contribution < 1.29 is 24.6 Å². The van der Waals surface area contributed by atoms with E-state index in [1.807, 2.05) is 11.0 Å². The van der Waals surface area contributed by atoms with Gasteiger partial charge in [-0.25, -0.2) is 9.78 Å². The molecular weight excluding hydrogens is 454 g/mol. The fraction of sp³-hybridized carbons (Fsp3) is 0.208. The van der Waals surface area contributed by atoms with Crippen LogP contribution in [0.25, 0.3) is 10.9 Å². The lowest BCUT2D eigenvalue weighted by Crippen LogP contribution is -2.41. The van der Waals surface area contributed by atoms with Crippen LogP contribution < -0.4 is 21.5 Å². The molecule has 0 saturated heterocycles. The van der Waals surface area contributed by atoms with Crippen LogP contribution in [0.15, 0.2) is 59.9 Å². The first-order valence-corrected chi connectivity index (χ1v) is 10.7. The highest BCUT2D eigenvalue weighted by Gasteiger charge is 2.21. The maximum absolute atomic E-state index is 12.5. The highest BCUT2D eigenvalue weighted by molar-refractivity contribution is 5.97. The fourth-order valence-corrected chi connectivity index (χ4v) is 3.53. The number of aromatic amines is 1. The molecule has 1 amide bonds. The lowest BCUT2D eigenvalue weighted by molar-refractivity contribution is -0.140. The fourth-order valence-electron chi connectivity index (χ4n) is 3.53. The first-order chi connectivity index (χ1) is 16.7. The second-order valence-electron chi connectivity index (χ2n) is 7.82. The standard InChI is InChI=1S/C24H25N5O6/c1-2-11-29(13-14-3-8-18-17(12-14)22(33)28-24(25)27-18)16-6-4-15(5-7-16)21(32)26-19(23(34)35)9-10-20(30)31/h2-8,12,19H,1,9-11,13H2,(H,26,32)(H,30,31)(H,34,35)(H3,25,27,28,33). The van der Waals surface area contributed by atoms with Gasteiger partial charge in [-0.15, -0.1) is 6.58 Å². The van der Waals surface area contributed by atoms with Crippen LogP contribution in [0.1, 0.15) is 28.8 Å². The van der Waals surface area contributed by atoms with Crippen molar-refractivity contribution in [1.29, 1.82) is 0 Å². The number of carboxylic acids is 2. The molecule has 2 aromatic carbocycles. The SMILES string of the molecule is C=CCN(Cc1ccc2nc(N)[nH]c(=O)c2c1)c1ccc(C(=O)NC(CCC(=O)O)C(=O)O)cc1. The number of carbonyl (C=O) groups excluding carboxylic acids is 1. The number of nitrogen functional groups attached to an aromatic ring is 1. The molecule has 35 heavy (non-hydrogen) atoms. The maximum Gasteiger partial charge on any atom is 0.326 e. The molecule has 6 N–H and O–H groups in total. The smallest absolute Gasteiger partial charge is 0.326 e. The number of anilines is 2. The number of carboxylic acid groups (broad SMARTS) is 2. The molecule has 11 nitrogen and oxygen atoms in total. The van der Waals surface area contributed by atoms with Crippen LogP contribution >= 0.6 is 0 Å². The van der Waals surface area contributed by atoms with Crippen LogP contribution in [0.4, 0.5) is 11.6 Å². The third-order valence-electron chi connectivity index (χ3n) is 5.26. The monoisotopic (exact) mass is 479 g/mol.